The number of pyridine rings is 1. The molecule has 0 aliphatic carbocycles. The Kier molecular flexibility index (Phi) is 6.84. The van der Waals surface area contributed by atoms with Crippen LogP contribution in [0, 0.1) is 0 Å². The van der Waals surface area contributed by atoms with Gasteiger partial charge in [-0.1, -0.05) is 17.7 Å². The Morgan fingerprint density at radius 3 is 2.93 bits per heavy atom. The number of ether oxygens (including phenoxy) is 1. The Bertz CT molecular complexity index is 831. The lowest BCUT2D eigenvalue weighted by atomic mass is 10.2. The van der Waals surface area contributed by atoms with Gasteiger partial charge >= 0.3 is 6.03 Å². The van der Waals surface area contributed by atoms with Gasteiger partial charge in [0.15, 0.2) is 0 Å². The third kappa shape index (κ3) is 4.99. The van der Waals surface area contributed by atoms with Crippen LogP contribution in [0.15, 0.2) is 42.7 Å². The summed E-state index contributed by atoms with van der Waals surface area (Å²) in [6.07, 6.45) is 4.78. The van der Waals surface area contributed by atoms with Gasteiger partial charge in [-0.05, 0) is 36.2 Å². The second kappa shape index (κ2) is 9.52. The van der Waals surface area contributed by atoms with Crippen molar-refractivity contribution in [1.29, 1.82) is 0 Å². The van der Waals surface area contributed by atoms with E-state index in [2.05, 4.69) is 10.3 Å². The summed E-state index contributed by atoms with van der Waals surface area (Å²) >= 11 is 6.28. The summed E-state index contributed by atoms with van der Waals surface area (Å²) in [4.78, 5) is 32.3. The number of anilines is 2. The minimum atomic E-state index is -0.298. The van der Waals surface area contributed by atoms with Gasteiger partial charge in [0, 0.05) is 51.2 Å². The largest absolute Gasteiger partial charge is 0.383 e. The predicted octanol–water partition coefficient (Wildman–Crippen LogP) is 3.54. The molecule has 1 aliphatic heterocycles. The highest BCUT2D eigenvalue weighted by Crippen LogP contribution is 2.30. The summed E-state index contributed by atoms with van der Waals surface area (Å²) in [5, 5.41) is 3.27. The molecule has 8 heteroatoms. The topological polar surface area (TPSA) is 74.8 Å². The molecule has 3 amide bonds. The van der Waals surface area contributed by atoms with Crippen LogP contribution >= 0.6 is 11.6 Å². The molecule has 1 fully saturated rings. The Hall–Kier alpha value is -2.64. The molecule has 2 aromatic rings. The van der Waals surface area contributed by atoms with Gasteiger partial charge in [-0.25, -0.2) is 4.79 Å². The maximum absolute atomic E-state index is 12.9. The molecule has 2 heterocycles. The van der Waals surface area contributed by atoms with Gasteiger partial charge in [0.25, 0.3) is 0 Å². The molecule has 0 saturated carbocycles. The number of aromatic nitrogens is 1. The lowest BCUT2D eigenvalue weighted by molar-refractivity contribution is -0.117. The third-order valence-corrected chi connectivity index (χ3v) is 4.85. The zero-order valence-corrected chi connectivity index (χ0v) is 16.5. The Morgan fingerprint density at radius 2 is 2.25 bits per heavy atom. The molecule has 28 heavy (non-hydrogen) atoms. The van der Waals surface area contributed by atoms with E-state index >= 15 is 0 Å². The van der Waals surface area contributed by atoms with Gasteiger partial charge in [0.1, 0.15) is 0 Å². The van der Waals surface area contributed by atoms with E-state index in [1.165, 1.54) is 0 Å². The van der Waals surface area contributed by atoms with Gasteiger partial charge in [-0.2, -0.15) is 0 Å². The molecule has 0 radical (unpaired) electrons. The molecule has 0 bridgehead atoms. The summed E-state index contributed by atoms with van der Waals surface area (Å²) in [7, 11) is 1.59. The number of carbonyl (C=O) groups is 2. The van der Waals surface area contributed by atoms with E-state index in [0.29, 0.717) is 43.4 Å². The van der Waals surface area contributed by atoms with Crippen LogP contribution < -0.4 is 10.2 Å². The van der Waals surface area contributed by atoms with Crippen molar-refractivity contribution in [1.82, 2.24) is 9.88 Å². The first kappa shape index (κ1) is 20.1. The van der Waals surface area contributed by atoms with Gasteiger partial charge in [0.05, 0.1) is 17.3 Å². The van der Waals surface area contributed by atoms with Crippen LogP contribution in [0.3, 0.4) is 0 Å². The number of hydrogen-bond acceptors (Lipinski definition) is 4. The molecule has 0 unspecified atom stereocenters. The molecule has 1 aromatic carbocycles. The maximum atomic E-state index is 12.9. The number of urea groups is 1. The van der Waals surface area contributed by atoms with E-state index in [1.54, 1.807) is 47.5 Å². The van der Waals surface area contributed by atoms with Crippen LogP contribution in [-0.4, -0.2) is 48.6 Å². The Morgan fingerprint density at radius 1 is 1.39 bits per heavy atom. The van der Waals surface area contributed by atoms with E-state index in [9.17, 15) is 9.59 Å². The molecule has 1 aliphatic rings. The van der Waals surface area contributed by atoms with Crippen molar-refractivity contribution in [3.8, 4) is 0 Å². The van der Waals surface area contributed by atoms with E-state index in [1.807, 2.05) is 12.1 Å². The van der Waals surface area contributed by atoms with Gasteiger partial charge in [-0.3, -0.25) is 9.78 Å². The van der Waals surface area contributed by atoms with Crippen molar-refractivity contribution >= 4 is 34.9 Å². The monoisotopic (exact) mass is 402 g/mol. The average Bonchev–Trinajstić information content (AvgIpc) is 3.13. The van der Waals surface area contributed by atoms with E-state index in [0.717, 1.165) is 17.7 Å². The van der Waals surface area contributed by atoms with Crippen molar-refractivity contribution in [2.45, 2.75) is 19.4 Å². The second-order valence-electron chi connectivity index (χ2n) is 6.52. The van der Waals surface area contributed by atoms with Crippen molar-refractivity contribution in [2.24, 2.45) is 0 Å². The molecule has 0 spiro atoms. The molecule has 0 atom stereocenters. The lowest BCUT2D eigenvalue weighted by Crippen LogP contribution is -2.37. The van der Waals surface area contributed by atoms with Crippen LogP contribution in [0.25, 0.3) is 0 Å². The summed E-state index contributed by atoms with van der Waals surface area (Å²) in [6.45, 7) is 1.89. The highest BCUT2D eigenvalue weighted by molar-refractivity contribution is 6.33. The molecule has 1 saturated heterocycles. The zero-order chi connectivity index (χ0) is 19.9. The smallest absolute Gasteiger partial charge is 0.322 e. The number of amides is 3. The van der Waals surface area contributed by atoms with Gasteiger partial charge in [-0.15, -0.1) is 0 Å². The number of nitrogens with zero attached hydrogens (tertiary/aromatic N) is 3. The Balaban J connectivity index is 1.75. The molecule has 3 rings (SSSR count). The van der Waals surface area contributed by atoms with E-state index in [-0.39, 0.29) is 11.9 Å². The standard InChI is InChI=1S/C20H23ClN4O3/c1-28-11-10-24(14-15-4-2-8-22-13-15)20(27)23-18-12-16(6-7-17(18)21)25-9-3-5-19(25)26/h2,4,6-8,12-13H,3,5,9-11,14H2,1H3,(H,23,27). The first-order chi connectivity index (χ1) is 13.6. The van der Waals surface area contributed by atoms with Crippen LogP contribution in [-0.2, 0) is 16.1 Å². The summed E-state index contributed by atoms with van der Waals surface area (Å²) in [5.41, 5.74) is 2.12. The van der Waals surface area contributed by atoms with Crippen molar-refractivity contribution in [3.63, 3.8) is 0 Å². The minimum absolute atomic E-state index is 0.0814. The molecule has 7 nitrogen and oxygen atoms in total. The van der Waals surface area contributed by atoms with E-state index in [4.69, 9.17) is 16.3 Å². The van der Waals surface area contributed by atoms with E-state index < -0.39 is 0 Å². The molecule has 1 N–H and O–H groups in total. The number of carbonyl (C=O) groups excluding carboxylic acids is 2. The molecule has 1 aromatic heterocycles. The normalized spacial score (nSPS) is 13.6. The SMILES string of the molecule is COCCN(Cc1cccnc1)C(=O)Nc1cc(N2CCCC2=O)ccc1Cl. The number of halogens is 1. The zero-order valence-electron chi connectivity index (χ0n) is 15.7. The average molecular weight is 403 g/mol. The fourth-order valence-corrected chi connectivity index (χ4v) is 3.22. The molecule has 148 valence electrons. The maximum Gasteiger partial charge on any atom is 0.322 e. The summed E-state index contributed by atoms with van der Waals surface area (Å²) in [5.74, 6) is 0.0814. The van der Waals surface area contributed by atoms with Crippen LogP contribution in [0.5, 0.6) is 0 Å². The lowest BCUT2D eigenvalue weighted by Gasteiger charge is -2.24. The fraction of sp³-hybridized carbons (Fsp3) is 0.350. The Labute approximate surface area is 169 Å². The van der Waals surface area contributed by atoms with Crippen molar-refractivity contribution in [3.05, 3.63) is 53.3 Å². The summed E-state index contributed by atoms with van der Waals surface area (Å²) in [6, 6.07) is 8.66. The third-order valence-electron chi connectivity index (χ3n) is 4.53. The van der Waals surface area contributed by atoms with Crippen LogP contribution in [0.4, 0.5) is 16.2 Å². The van der Waals surface area contributed by atoms with Crippen molar-refractivity contribution in [2.75, 3.05) is 37.0 Å². The quantitative estimate of drug-likeness (QED) is 0.768. The number of nitrogens with one attached hydrogen (secondary N) is 1. The second-order valence-corrected chi connectivity index (χ2v) is 6.93. The first-order valence-corrected chi connectivity index (χ1v) is 9.50. The fourth-order valence-electron chi connectivity index (χ4n) is 3.06. The van der Waals surface area contributed by atoms with Gasteiger partial charge in [0.2, 0.25) is 5.91 Å². The highest BCUT2D eigenvalue weighted by atomic mass is 35.5. The number of benzene rings is 1. The number of hydrogen-bond donors (Lipinski definition) is 1. The highest BCUT2D eigenvalue weighted by Gasteiger charge is 2.23. The number of rotatable bonds is 7. The van der Waals surface area contributed by atoms with Crippen molar-refractivity contribution < 1.29 is 14.3 Å². The van der Waals surface area contributed by atoms with Crippen LogP contribution in [0.2, 0.25) is 5.02 Å². The predicted molar refractivity (Wildman–Crippen MR) is 109 cm³/mol. The number of methoxy groups -OCH3 is 1. The van der Waals surface area contributed by atoms with Crippen LogP contribution in [0.1, 0.15) is 18.4 Å². The minimum Gasteiger partial charge on any atom is -0.383 e. The first-order valence-electron chi connectivity index (χ1n) is 9.12. The molecular weight excluding hydrogens is 380 g/mol. The van der Waals surface area contributed by atoms with Gasteiger partial charge < -0.3 is 19.9 Å². The molecular formula is C20H23ClN4O3. The summed E-state index contributed by atoms with van der Waals surface area (Å²) < 4.78 is 5.13.